The molecule has 0 amide bonds. The predicted molar refractivity (Wildman–Crippen MR) is 118 cm³/mol. The summed E-state index contributed by atoms with van der Waals surface area (Å²) in [5, 5.41) is 4.79. The normalized spacial score (nSPS) is 11.3. The van der Waals surface area contributed by atoms with Gasteiger partial charge in [0.2, 0.25) is 0 Å². The number of rotatable bonds is 4. The lowest BCUT2D eigenvalue weighted by molar-refractivity contribution is 1.11. The average molecular weight is 354 g/mol. The number of fused-ring (bicyclic) bond motifs is 2. The minimum Gasteiger partial charge on any atom is -0.398 e. The van der Waals surface area contributed by atoms with Crippen molar-refractivity contribution in [1.29, 1.82) is 0 Å². The van der Waals surface area contributed by atoms with E-state index in [0.29, 0.717) is 0 Å². The van der Waals surface area contributed by atoms with Gasteiger partial charge in [0.25, 0.3) is 0 Å². The molecule has 0 aromatic heterocycles. The summed E-state index contributed by atoms with van der Waals surface area (Å²) in [5.41, 5.74) is 19.8. The molecule has 0 fully saturated rings. The number of nitrogen functional groups attached to an aromatic ring is 2. The molecule has 4 aromatic carbocycles. The van der Waals surface area contributed by atoms with Gasteiger partial charge in [0.05, 0.1) is 0 Å². The molecule has 0 heterocycles. The highest BCUT2D eigenvalue weighted by Gasteiger charge is 2.13. The standard InChI is InChI=1S/C25H26N2/c1-3-16-13-18(20-9-5-7-11-22(20)24(16)26)15-19-14-17(4-2)25(27)23-12-8-6-10-21(19)23/h5-14H,3-4,15,26-27H2,1-2H3. The molecule has 136 valence electrons. The molecule has 0 aliphatic carbocycles. The lowest BCUT2D eigenvalue weighted by atomic mass is 9.90. The van der Waals surface area contributed by atoms with Crippen molar-refractivity contribution in [3.05, 3.63) is 82.9 Å². The summed E-state index contributed by atoms with van der Waals surface area (Å²) in [6, 6.07) is 21.5. The fraction of sp³-hybridized carbons (Fsp3) is 0.200. The van der Waals surface area contributed by atoms with Crippen molar-refractivity contribution in [3.8, 4) is 0 Å². The Balaban J connectivity index is 1.96. The molecule has 27 heavy (non-hydrogen) atoms. The average Bonchev–Trinajstić information content (AvgIpc) is 2.72. The van der Waals surface area contributed by atoms with Crippen molar-refractivity contribution in [2.45, 2.75) is 33.1 Å². The first-order valence-electron chi connectivity index (χ1n) is 9.72. The summed E-state index contributed by atoms with van der Waals surface area (Å²) in [4.78, 5) is 0. The van der Waals surface area contributed by atoms with Gasteiger partial charge in [-0.2, -0.15) is 0 Å². The highest BCUT2D eigenvalue weighted by molar-refractivity contribution is 5.99. The Kier molecular flexibility index (Phi) is 4.49. The second kappa shape index (κ2) is 6.96. The third kappa shape index (κ3) is 2.91. The molecule has 0 unspecified atom stereocenters. The highest BCUT2D eigenvalue weighted by Crippen LogP contribution is 2.34. The number of aryl methyl sites for hydroxylation is 2. The van der Waals surface area contributed by atoms with Crippen LogP contribution in [0.2, 0.25) is 0 Å². The van der Waals surface area contributed by atoms with Gasteiger partial charge in [-0.1, -0.05) is 74.5 Å². The molecule has 0 radical (unpaired) electrons. The maximum atomic E-state index is 6.43. The molecular weight excluding hydrogens is 328 g/mol. The van der Waals surface area contributed by atoms with Crippen LogP contribution in [0.4, 0.5) is 11.4 Å². The molecule has 2 heteroatoms. The van der Waals surface area contributed by atoms with Crippen molar-refractivity contribution in [2.24, 2.45) is 0 Å². The van der Waals surface area contributed by atoms with Crippen LogP contribution in [0.5, 0.6) is 0 Å². The van der Waals surface area contributed by atoms with Crippen LogP contribution in [0.25, 0.3) is 21.5 Å². The van der Waals surface area contributed by atoms with Crippen molar-refractivity contribution >= 4 is 32.9 Å². The molecule has 0 spiro atoms. The van der Waals surface area contributed by atoms with E-state index in [1.54, 1.807) is 0 Å². The fourth-order valence-corrected chi connectivity index (χ4v) is 4.16. The number of hydrogen-bond acceptors (Lipinski definition) is 2. The van der Waals surface area contributed by atoms with E-state index < -0.39 is 0 Å². The Morgan fingerprint density at radius 2 is 0.926 bits per heavy atom. The van der Waals surface area contributed by atoms with Gasteiger partial charge in [0.1, 0.15) is 0 Å². The van der Waals surface area contributed by atoms with E-state index in [1.807, 2.05) is 0 Å². The maximum Gasteiger partial charge on any atom is 0.0426 e. The summed E-state index contributed by atoms with van der Waals surface area (Å²) in [7, 11) is 0. The first kappa shape index (κ1) is 17.4. The van der Waals surface area contributed by atoms with Crippen molar-refractivity contribution in [2.75, 3.05) is 11.5 Å². The quantitative estimate of drug-likeness (QED) is 0.450. The Labute approximate surface area is 160 Å². The first-order chi connectivity index (χ1) is 13.1. The van der Waals surface area contributed by atoms with Gasteiger partial charge in [-0.3, -0.25) is 0 Å². The van der Waals surface area contributed by atoms with Crippen LogP contribution in [0, 0.1) is 0 Å². The van der Waals surface area contributed by atoms with E-state index >= 15 is 0 Å². The fourth-order valence-electron chi connectivity index (χ4n) is 4.16. The van der Waals surface area contributed by atoms with Gasteiger partial charge in [-0.25, -0.2) is 0 Å². The minimum atomic E-state index is 0.877. The molecule has 4 N–H and O–H groups in total. The van der Waals surface area contributed by atoms with Gasteiger partial charge < -0.3 is 11.5 Å². The number of nitrogens with two attached hydrogens (primary N) is 2. The van der Waals surface area contributed by atoms with E-state index in [-0.39, 0.29) is 0 Å². The van der Waals surface area contributed by atoms with E-state index in [9.17, 15) is 0 Å². The van der Waals surface area contributed by atoms with Gasteiger partial charge >= 0.3 is 0 Å². The molecule has 2 nitrogen and oxygen atoms in total. The summed E-state index contributed by atoms with van der Waals surface area (Å²) in [6.07, 6.45) is 2.75. The molecule has 0 aliphatic rings. The number of benzene rings is 4. The van der Waals surface area contributed by atoms with Crippen LogP contribution in [0.1, 0.15) is 36.1 Å². The Bertz CT molecular complexity index is 1050. The van der Waals surface area contributed by atoms with Crippen molar-refractivity contribution in [1.82, 2.24) is 0 Å². The Morgan fingerprint density at radius 3 is 1.30 bits per heavy atom. The van der Waals surface area contributed by atoms with E-state index in [0.717, 1.165) is 41.4 Å². The van der Waals surface area contributed by atoms with Crippen molar-refractivity contribution in [3.63, 3.8) is 0 Å². The molecule has 4 aromatic rings. The Hall–Kier alpha value is -3.00. The molecule has 0 aliphatic heterocycles. The zero-order chi connectivity index (χ0) is 19.0. The lowest BCUT2D eigenvalue weighted by Crippen LogP contribution is -2.02. The topological polar surface area (TPSA) is 52.0 Å². The van der Waals surface area contributed by atoms with Crippen molar-refractivity contribution < 1.29 is 0 Å². The molecule has 0 bridgehead atoms. The largest absolute Gasteiger partial charge is 0.398 e. The molecule has 0 atom stereocenters. The number of anilines is 2. The van der Waals surface area contributed by atoms with Gasteiger partial charge in [0.15, 0.2) is 0 Å². The van der Waals surface area contributed by atoms with Gasteiger partial charge in [-0.15, -0.1) is 0 Å². The van der Waals surface area contributed by atoms with Crippen LogP contribution < -0.4 is 11.5 Å². The zero-order valence-electron chi connectivity index (χ0n) is 16.0. The van der Waals surface area contributed by atoms with Crippen LogP contribution in [0.3, 0.4) is 0 Å². The zero-order valence-corrected chi connectivity index (χ0v) is 16.0. The molecular formula is C25H26N2. The van der Waals surface area contributed by atoms with Gasteiger partial charge in [-0.05, 0) is 52.3 Å². The van der Waals surface area contributed by atoms with E-state index in [1.165, 1.54) is 33.0 Å². The monoisotopic (exact) mass is 354 g/mol. The summed E-state index contributed by atoms with van der Waals surface area (Å²) in [6.45, 7) is 4.33. The third-order valence-corrected chi connectivity index (χ3v) is 5.66. The summed E-state index contributed by atoms with van der Waals surface area (Å²) < 4.78 is 0. The van der Waals surface area contributed by atoms with Gasteiger partial charge in [0, 0.05) is 22.1 Å². The molecule has 0 saturated carbocycles. The minimum absolute atomic E-state index is 0.877. The van der Waals surface area contributed by atoms with Crippen LogP contribution in [-0.4, -0.2) is 0 Å². The Morgan fingerprint density at radius 1 is 0.556 bits per heavy atom. The SMILES string of the molecule is CCc1cc(Cc2cc(CC)c(N)c3ccccc23)c2ccccc2c1N. The second-order valence-corrected chi connectivity index (χ2v) is 7.19. The van der Waals surface area contributed by atoms with E-state index in [2.05, 4.69) is 74.5 Å². The number of hydrogen-bond donors (Lipinski definition) is 2. The van der Waals surface area contributed by atoms with E-state index in [4.69, 9.17) is 11.5 Å². The second-order valence-electron chi connectivity index (χ2n) is 7.19. The summed E-state index contributed by atoms with van der Waals surface area (Å²) >= 11 is 0. The first-order valence-corrected chi connectivity index (χ1v) is 9.72. The smallest absolute Gasteiger partial charge is 0.0426 e. The van der Waals surface area contributed by atoms with Crippen LogP contribution in [-0.2, 0) is 19.3 Å². The maximum absolute atomic E-state index is 6.43. The molecule has 4 rings (SSSR count). The summed E-state index contributed by atoms with van der Waals surface area (Å²) in [5.74, 6) is 0. The lowest BCUT2D eigenvalue weighted by Gasteiger charge is -2.16. The predicted octanol–water partition coefficient (Wildman–Crippen LogP) is 5.87. The molecule has 0 saturated heterocycles. The highest BCUT2D eigenvalue weighted by atomic mass is 14.6. The van der Waals surface area contributed by atoms with Crippen LogP contribution >= 0.6 is 0 Å². The third-order valence-electron chi connectivity index (χ3n) is 5.66. The van der Waals surface area contributed by atoms with Crippen LogP contribution in [0.15, 0.2) is 60.7 Å².